The van der Waals surface area contributed by atoms with E-state index < -0.39 is 29.2 Å². The van der Waals surface area contributed by atoms with E-state index in [9.17, 15) is 18.3 Å². The van der Waals surface area contributed by atoms with E-state index in [-0.39, 0.29) is 25.0 Å². The lowest BCUT2D eigenvalue weighted by molar-refractivity contribution is 0.0708. The van der Waals surface area contributed by atoms with Gasteiger partial charge in [0.05, 0.1) is 24.7 Å². The lowest BCUT2D eigenvalue weighted by Crippen LogP contribution is -2.42. The third kappa shape index (κ3) is 5.80. The number of aliphatic hydroxyl groups excluding tert-OH is 1. The predicted molar refractivity (Wildman–Crippen MR) is 130 cm³/mol. The molecule has 0 amide bonds. The van der Waals surface area contributed by atoms with Gasteiger partial charge in [0.1, 0.15) is 17.7 Å². The molecule has 0 spiro atoms. The Morgan fingerprint density at radius 3 is 2.72 bits per heavy atom. The van der Waals surface area contributed by atoms with Crippen molar-refractivity contribution in [2.45, 2.75) is 25.4 Å². The van der Waals surface area contributed by atoms with E-state index in [1.807, 2.05) is 11.0 Å². The minimum Gasteiger partial charge on any atom is -0.497 e. The van der Waals surface area contributed by atoms with E-state index >= 15 is 4.39 Å². The molecular formula is C28H28F4N2O2. The monoisotopic (exact) mass is 500 g/mol. The summed E-state index contributed by atoms with van der Waals surface area (Å²) in [6.45, 7) is 1.38. The van der Waals surface area contributed by atoms with Gasteiger partial charge in [-0.1, -0.05) is 11.8 Å². The van der Waals surface area contributed by atoms with Crippen molar-refractivity contribution in [3.05, 3.63) is 71.2 Å². The molecule has 36 heavy (non-hydrogen) atoms. The first-order valence-corrected chi connectivity index (χ1v) is 11.9. The van der Waals surface area contributed by atoms with Crippen LogP contribution in [0, 0.1) is 41.1 Å². The fraction of sp³-hybridized carbons (Fsp3) is 0.393. The number of fused-ring (bicyclic) bond motifs is 1. The van der Waals surface area contributed by atoms with Crippen LogP contribution < -0.4 is 4.74 Å². The van der Waals surface area contributed by atoms with Crippen LogP contribution in [0.1, 0.15) is 36.6 Å². The number of aromatic nitrogens is 1. The number of rotatable bonds is 7. The van der Waals surface area contributed by atoms with Crippen molar-refractivity contribution in [2.75, 3.05) is 33.4 Å². The molecule has 4 nitrogen and oxygen atoms in total. The number of nitrogens with zero attached hydrogens (tertiary/aromatic N) is 2. The van der Waals surface area contributed by atoms with Crippen molar-refractivity contribution in [3.63, 3.8) is 0 Å². The van der Waals surface area contributed by atoms with Crippen LogP contribution >= 0.6 is 0 Å². The first-order chi connectivity index (χ1) is 17.4. The molecule has 0 unspecified atom stereocenters. The summed E-state index contributed by atoms with van der Waals surface area (Å²) in [5.74, 6) is 2.46. The van der Waals surface area contributed by atoms with Crippen molar-refractivity contribution in [1.29, 1.82) is 0 Å². The number of aliphatic hydroxyl groups is 1. The number of likely N-dealkylation sites (tertiary alicyclic amines) is 1. The highest BCUT2D eigenvalue weighted by Crippen LogP contribution is 2.35. The summed E-state index contributed by atoms with van der Waals surface area (Å²) in [6, 6.07) is 8.66. The quantitative estimate of drug-likeness (QED) is 0.267. The molecule has 3 atom stereocenters. The van der Waals surface area contributed by atoms with Crippen LogP contribution in [0.4, 0.5) is 17.6 Å². The molecule has 1 N–H and O–H groups in total. The van der Waals surface area contributed by atoms with Gasteiger partial charge in [-0.25, -0.2) is 17.6 Å². The first kappa shape index (κ1) is 25.9. The largest absolute Gasteiger partial charge is 0.497 e. The Kier molecular flexibility index (Phi) is 8.44. The molecule has 0 bridgehead atoms. The number of hydrogen-bond acceptors (Lipinski definition) is 4. The summed E-state index contributed by atoms with van der Waals surface area (Å²) >= 11 is 0. The Balaban J connectivity index is 1.36. The van der Waals surface area contributed by atoms with E-state index in [0.29, 0.717) is 42.8 Å². The Bertz CT molecular complexity index is 1270. The van der Waals surface area contributed by atoms with E-state index in [4.69, 9.17) is 4.74 Å². The average Bonchev–Trinajstić information content (AvgIpc) is 2.90. The smallest absolute Gasteiger partial charge is 0.177 e. The molecule has 1 aliphatic heterocycles. The summed E-state index contributed by atoms with van der Waals surface area (Å²) in [5, 5.41) is 10.7. The molecule has 1 saturated heterocycles. The van der Waals surface area contributed by atoms with E-state index in [0.717, 1.165) is 23.9 Å². The number of benzene rings is 2. The van der Waals surface area contributed by atoms with E-state index in [1.165, 1.54) is 0 Å². The van der Waals surface area contributed by atoms with Gasteiger partial charge in [-0.3, -0.25) is 9.88 Å². The van der Waals surface area contributed by atoms with Gasteiger partial charge < -0.3 is 9.84 Å². The number of methoxy groups -OCH3 is 1. The van der Waals surface area contributed by atoms with Crippen LogP contribution in [0.25, 0.3) is 10.9 Å². The standard InChI is InChI=1S/C28H28F4N2O2/c1-36-20-5-9-27-23(15-20)21(10-12-33-27)24(29)6-4-18-11-14-34(16-19(18)17-35)13-2-3-22-25(30)7-8-26(31)28(22)32/h5,7-10,12,15,18-19,24,35H,4,6,11,13-14,16-17H2,1H3/t18-,19-,24-/m1/s1. The second-order valence-electron chi connectivity index (χ2n) is 9.07. The second kappa shape index (κ2) is 11.7. The van der Waals surface area contributed by atoms with Crippen molar-refractivity contribution in [2.24, 2.45) is 11.8 Å². The van der Waals surface area contributed by atoms with Crippen LogP contribution in [0.3, 0.4) is 0 Å². The van der Waals surface area contributed by atoms with Crippen LogP contribution in [0.2, 0.25) is 0 Å². The maximum absolute atomic E-state index is 15.3. The average molecular weight is 501 g/mol. The summed E-state index contributed by atoms with van der Waals surface area (Å²) in [5.41, 5.74) is 0.694. The number of ether oxygens (including phenoxy) is 1. The third-order valence-corrected chi connectivity index (χ3v) is 6.88. The minimum atomic E-state index is -1.30. The van der Waals surface area contributed by atoms with Gasteiger partial charge in [-0.05, 0) is 79.6 Å². The van der Waals surface area contributed by atoms with E-state index in [1.54, 1.807) is 31.5 Å². The van der Waals surface area contributed by atoms with Crippen molar-refractivity contribution in [3.8, 4) is 17.6 Å². The zero-order valence-electron chi connectivity index (χ0n) is 20.0. The summed E-state index contributed by atoms with van der Waals surface area (Å²) in [7, 11) is 1.56. The van der Waals surface area contributed by atoms with Crippen molar-refractivity contribution in [1.82, 2.24) is 9.88 Å². The van der Waals surface area contributed by atoms with Crippen molar-refractivity contribution < 1.29 is 27.4 Å². The molecular weight excluding hydrogens is 472 g/mol. The maximum atomic E-state index is 15.3. The number of alkyl halides is 1. The molecule has 0 radical (unpaired) electrons. The lowest BCUT2D eigenvalue weighted by atomic mass is 9.81. The topological polar surface area (TPSA) is 45.6 Å². The molecule has 1 aromatic heterocycles. The highest BCUT2D eigenvalue weighted by atomic mass is 19.2. The molecule has 1 aliphatic rings. The van der Waals surface area contributed by atoms with Crippen LogP contribution in [0.15, 0.2) is 42.6 Å². The summed E-state index contributed by atoms with van der Waals surface area (Å²) in [6.07, 6.45) is 2.10. The van der Waals surface area contributed by atoms with Crippen LogP contribution in [-0.4, -0.2) is 48.3 Å². The predicted octanol–water partition coefficient (Wildman–Crippen LogP) is 5.43. The highest BCUT2D eigenvalue weighted by Gasteiger charge is 2.29. The SMILES string of the molecule is COc1ccc2nccc([C@H](F)CC[C@@H]3CCN(CC#Cc4c(F)ccc(F)c4F)C[C@@H]3CO)c2c1. The van der Waals surface area contributed by atoms with Gasteiger partial charge >= 0.3 is 0 Å². The zero-order valence-corrected chi connectivity index (χ0v) is 20.0. The highest BCUT2D eigenvalue weighted by molar-refractivity contribution is 5.83. The van der Waals surface area contributed by atoms with E-state index in [2.05, 4.69) is 16.8 Å². The summed E-state index contributed by atoms with van der Waals surface area (Å²) < 4.78 is 61.5. The van der Waals surface area contributed by atoms with Gasteiger partial charge in [-0.2, -0.15) is 0 Å². The Morgan fingerprint density at radius 2 is 1.94 bits per heavy atom. The number of pyridine rings is 1. The number of hydrogen-bond donors (Lipinski definition) is 1. The van der Waals surface area contributed by atoms with Crippen LogP contribution in [-0.2, 0) is 0 Å². The molecule has 0 saturated carbocycles. The van der Waals surface area contributed by atoms with Crippen LogP contribution in [0.5, 0.6) is 5.75 Å². The Hall–Kier alpha value is -3.15. The summed E-state index contributed by atoms with van der Waals surface area (Å²) in [4.78, 5) is 6.29. The second-order valence-corrected chi connectivity index (χ2v) is 9.07. The Labute approximate surface area is 207 Å². The lowest BCUT2D eigenvalue weighted by Gasteiger charge is -2.37. The third-order valence-electron chi connectivity index (χ3n) is 6.88. The molecule has 3 aromatic rings. The first-order valence-electron chi connectivity index (χ1n) is 11.9. The van der Waals surface area contributed by atoms with Gasteiger partial charge in [0.25, 0.3) is 0 Å². The van der Waals surface area contributed by atoms with Gasteiger partial charge in [0.2, 0.25) is 0 Å². The molecule has 8 heteroatoms. The molecule has 0 aliphatic carbocycles. The molecule has 190 valence electrons. The van der Waals surface area contributed by atoms with Gasteiger partial charge in [0, 0.05) is 24.7 Å². The fourth-order valence-electron chi connectivity index (χ4n) is 4.83. The number of piperidine rings is 1. The van der Waals surface area contributed by atoms with Crippen molar-refractivity contribution >= 4 is 10.9 Å². The Morgan fingerprint density at radius 1 is 1.14 bits per heavy atom. The van der Waals surface area contributed by atoms with Gasteiger partial charge in [-0.15, -0.1) is 0 Å². The molecule has 1 fully saturated rings. The molecule has 4 rings (SSSR count). The van der Waals surface area contributed by atoms with Gasteiger partial charge in [0.15, 0.2) is 11.6 Å². The molecule has 2 aromatic carbocycles. The zero-order chi connectivity index (χ0) is 25.7. The molecule has 2 heterocycles. The normalized spacial score (nSPS) is 19.1. The maximum Gasteiger partial charge on any atom is 0.177 e. The number of halogens is 4. The fourth-order valence-corrected chi connectivity index (χ4v) is 4.83. The minimum absolute atomic E-state index is 0.0475.